The molecule has 0 radical (unpaired) electrons. The van der Waals surface area contributed by atoms with E-state index in [-0.39, 0.29) is 75.7 Å². The second kappa shape index (κ2) is 43.1. The van der Waals surface area contributed by atoms with Gasteiger partial charge in [-0.25, -0.2) is 49.5 Å². The van der Waals surface area contributed by atoms with Crippen LogP contribution in [0.2, 0.25) is 0 Å². The molecule has 0 spiro atoms. The molecule has 32 atom stereocenters. The number of H-pyrrole nitrogens is 4. The largest absolute Gasteiger partial charge is 0.780 e. The number of phosphoric ester groups is 4. The highest BCUT2D eigenvalue weighted by Crippen LogP contribution is 2.58. The van der Waals surface area contributed by atoms with Crippen LogP contribution in [-0.2, 0) is 163 Å². The van der Waals surface area contributed by atoms with Crippen molar-refractivity contribution in [3.8, 4) is 0 Å². The number of nitrogen functional groups attached to an aromatic ring is 4. The Labute approximate surface area is 814 Å². The van der Waals surface area contributed by atoms with E-state index < -0.39 is 289 Å². The molecule has 17 rings (SSSR count). The van der Waals surface area contributed by atoms with Crippen LogP contribution in [0, 0.1) is 0 Å². The highest BCUT2D eigenvalue weighted by molar-refractivity contribution is 8.32. The molecule has 7 saturated heterocycles. The van der Waals surface area contributed by atoms with Crippen LogP contribution < -0.4 is 81.0 Å². The SMILES string of the molecule is CC[C@H]1O[C@@H](n2cnc3c(N)ncnc32)[C@@H](OC)C1OP(=O)([O-])OC[C@H]1O[C@@H](n2cnc3c(=O)[nH]c(N)nc32)[C@@H](OC)C1OP(=O)([O-])OC[C@H]1O[C@@H](n2ccc(=O)[nH]c2=O)[C@@H](OC)C1OP(=O)([O-])OC[C@H]1O[C@@H](n2ccc(=O)[nH]c2=O)[C@@H](OC)C1OP(=O)([O-])OC[C@H]1O[C@@H](n2cnc3c(=O)[nH]c(N)nc32)[C@@H](OC)C1OP([O-])(=S)OC[C@H]1O[C@@H](n2cnc3c(N)ncnc32)[C@@H](OC)C1OP(=O)([S-])O[C@H]1CCO[C@H]1CO. The molecule has 144 heavy (non-hydrogen) atoms. The maximum atomic E-state index is 15.1. The standard InChI is InChI=1S/C70H94N24O42P6S2/c1-8-27-41(47(112-2)63(124-27)91-23-79-37-53(71)75-21-77-55(37)91)131-137(102,103)119-18-32-44(50(115-5)65(127-32)93-25-81-39-57(93)85-67(73)87-59(39)98)134-139(106,107)121-17-31-42(48(113-3)61(126-31)89-12-9-35(96)83-69(89)100)132-138(104,105)120-16-30-43(49(114-4)62(125-30)90-13-10-36(97)84-70(90)101)133-140(108,109)122-19-33-45(51(116-6)66(128-33)94-26-82-40-58(94)86-68(74)88-60(40)99)135-141(110,143)123-20-34-46(136-142(111,144)130-28-11-14-118-29(28)15-95)52(117-7)64(129-34)92-24-80-38-54(72)76-22-78-56(38)92/h9-10,12-13,21-34,41-52,61-66,95H,8,11,14-20H2,1-7H3,(H,102,103)(H,104,105)(H,106,107)(H,108,109)(H,110,143)(H,111,144)(H2,71,75,77)(H2,72,76,78)(H,83,96,100)(H,84,97,101)(H3,73,85,87,98)(H3,74,86,88,99)/p-6/t27-,28+,29+,30-,31-,32-,33-,34-,41?,42?,43?,44?,45?,46?,47+,48+,49+,50+,51+,52+,61-,62-,63-,64-,65-,66-,141?,142?/m1/s1. The molecule has 12 unspecified atom stereocenters. The van der Waals surface area contributed by atoms with Gasteiger partial charge in [-0.3, -0.25) is 89.3 Å². The van der Waals surface area contributed by atoms with Gasteiger partial charge in [0.1, 0.15) is 140 Å². The van der Waals surface area contributed by atoms with Crippen molar-refractivity contribution in [1.29, 1.82) is 0 Å². The highest BCUT2D eigenvalue weighted by Gasteiger charge is 2.58. The number of aromatic nitrogens is 20. The molecule has 66 nitrogen and oxygen atoms in total. The molecule has 0 aromatic carbocycles. The summed E-state index contributed by atoms with van der Waals surface area (Å²) < 4.78 is 225. The smallest absolute Gasteiger partial charge is 0.330 e. The number of aliphatic hydroxyl groups is 1. The minimum Gasteiger partial charge on any atom is -0.780 e. The van der Waals surface area contributed by atoms with Gasteiger partial charge in [-0.2, -0.15) is 9.97 Å². The molecule has 0 bridgehead atoms. The first kappa shape index (κ1) is 107. The van der Waals surface area contributed by atoms with Crippen molar-refractivity contribution in [3.05, 3.63) is 125 Å². The molecule has 0 saturated carbocycles. The van der Waals surface area contributed by atoms with Gasteiger partial charge >= 0.3 is 11.4 Å². The molecule has 10 aromatic heterocycles. The van der Waals surface area contributed by atoms with E-state index in [2.05, 4.69) is 59.8 Å². The zero-order valence-electron chi connectivity index (χ0n) is 75.3. The Morgan fingerprint density at radius 1 is 0.410 bits per heavy atom. The van der Waals surface area contributed by atoms with Crippen molar-refractivity contribution < 1.29 is 168 Å². The first-order valence-corrected chi connectivity index (χ1v) is 53.6. The summed E-state index contributed by atoms with van der Waals surface area (Å²) in [5.74, 6) is -0.926. The Morgan fingerprint density at radius 2 is 0.722 bits per heavy atom. The fourth-order valence-electron chi connectivity index (χ4n) is 17.5. The van der Waals surface area contributed by atoms with Crippen LogP contribution in [0.15, 0.2) is 91.3 Å². The average molecular weight is 2190 g/mol. The van der Waals surface area contributed by atoms with Crippen LogP contribution in [-0.4, -0.2) is 313 Å². The zero-order chi connectivity index (χ0) is 103. The number of nitrogens with zero attached hydrogens (tertiary/aromatic N) is 16. The fourth-order valence-corrected chi connectivity index (χ4v) is 24.5. The third-order valence-electron chi connectivity index (χ3n) is 23.9. The molecule has 17 heterocycles. The van der Waals surface area contributed by atoms with Crippen molar-refractivity contribution in [2.24, 2.45) is 0 Å². The topological polar surface area (TPSA) is 880 Å². The molecule has 7 aliphatic rings. The molecule has 10 aromatic rings. The number of aromatic amines is 4. The fraction of sp³-hybridized carbons (Fsp3) is 0.600. The number of methoxy groups -OCH3 is 6. The van der Waals surface area contributed by atoms with Crippen molar-refractivity contribution in [2.45, 2.75) is 179 Å². The monoisotopic (exact) mass is 2190 g/mol. The summed E-state index contributed by atoms with van der Waals surface area (Å²) >= 11 is 10.9. The quantitative estimate of drug-likeness (QED) is 0.0127. The third kappa shape index (κ3) is 22.2. The van der Waals surface area contributed by atoms with Gasteiger partial charge in [0.05, 0.1) is 77.2 Å². The summed E-state index contributed by atoms with van der Waals surface area (Å²) in [4.78, 5) is 202. The lowest BCUT2D eigenvalue weighted by atomic mass is 10.1. The summed E-state index contributed by atoms with van der Waals surface area (Å²) in [6.07, 6.45) is -35.4. The van der Waals surface area contributed by atoms with Crippen LogP contribution >= 0.6 is 44.8 Å². The van der Waals surface area contributed by atoms with Crippen molar-refractivity contribution >= 4 is 137 Å². The minimum atomic E-state index is -6.25. The van der Waals surface area contributed by atoms with E-state index in [4.69, 9.17) is 163 Å². The van der Waals surface area contributed by atoms with Gasteiger partial charge in [0.25, 0.3) is 53.5 Å². The van der Waals surface area contributed by atoms with Crippen molar-refractivity contribution in [1.82, 2.24) is 97.2 Å². The third-order valence-corrected chi connectivity index (χ3v) is 30.8. The first-order chi connectivity index (χ1) is 68.5. The summed E-state index contributed by atoms with van der Waals surface area (Å²) in [7, 11) is -17.8. The van der Waals surface area contributed by atoms with Gasteiger partial charge in [0, 0.05) is 80.2 Å². The summed E-state index contributed by atoms with van der Waals surface area (Å²) in [5, 5.41) is 9.99. The van der Waals surface area contributed by atoms with E-state index >= 15 is 4.89 Å². The number of nitrogens with one attached hydrogen (secondary N) is 4. The van der Waals surface area contributed by atoms with Crippen LogP contribution in [0.5, 0.6) is 0 Å². The lowest BCUT2D eigenvalue weighted by molar-refractivity contribution is -0.241. The lowest BCUT2D eigenvalue weighted by Gasteiger charge is -2.36. The van der Waals surface area contributed by atoms with Crippen LogP contribution in [0.4, 0.5) is 23.5 Å². The Bertz CT molecular complexity index is 7060. The lowest BCUT2D eigenvalue weighted by Crippen LogP contribution is -2.42. The van der Waals surface area contributed by atoms with E-state index in [1.807, 2.05) is 9.97 Å². The predicted octanol–water partition coefficient (Wildman–Crippen LogP) is -6.08. The maximum absolute atomic E-state index is 15.1. The number of aliphatic hydroxyl groups excluding tert-OH is 1. The number of nitrogens with two attached hydrogens (primary N) is 4. The van der Waals surface area contributed by atoms with Crippen LogP contribution in [0.3, 0.4) is 0 Å². The van der Waals surface area contributed by atoms with Gasteiger partial charge in [0.15, 0.2) is 82.6 Å². The number of fused-ring (bicyclic) bond motifs is 4. The average Bonchev–Trinajstić information content (AvgIpc) is 1.61. The first-order valence-electron chi connectivity index (χ1n) is 42.6. The molecule has 7 aliphatic heterocycles. The molecule has 788 valence electrons. The van der Waals surface area contributed by atoms with E-state index in [0.717, 1.165) is 87.4 Å². The van der Waals surface area contributed by atoms with Gasteiger partial charge < -0.3 is 181 Å². The number of phosphoric acid groups is 4. The van der Waals surface area contributed by atoms with E-state index in [9.17, 15) is 76.3 Å². The second-order valence-electron chi connectivity index (χ2n) is 32.4. The number of ether oxygens (including phenoxy) is 13. The van der Waals surface area contributed by atoms with Gasteiger partial charge in [-0.1, -0.05) is 18.7 Å². The molecular weight excluding hydrogens is 2100 g/mol. The zero-order valence-corrected chi connectivity index (χ0v) is 82.3. The van der Waals surface area contributed by atoms with Crippen LogP contribution in [0.25, 0.3) is 44.7 Å². The van der Waals surface area contributed by atoms with Gasteiger partial charge in [0.2, 0.25) is 18.7 Å². The number of anilines is 4. The summed E-state index contributed by atoms with van der Waals surface area (Å²) in [5.41, 5.74) is 17.2. The normalized spacial score (nSPS) is 31.9. The minimum absolute atomic E-state index is 0.0102. The molecule has 74 heteroatoms. The number of rotatable bonds is 43. The Balaban J connectivity index is 0.621. The van der Waals surface area contributed by atoms with Crippen molar-refractivity contribution in [2.75, 3.05) is 112 Å². The Morgan fingerprint density at radius 3 is 1.06 bits per heavy atom. The van der Waals surface area contributed by atoms with Crippen LogP contribution in [0.1, 0.15) is 57.1 Å². The summed E-state index contributed by atoms with van der Waals surface area (Å²) in [6.45, 7) is -15.1. The van der Waals surface area contributed by atoms with Gasteiger partial charge in [-0.05, 0) is 6.42 Å². The number of hydrogen-bond acceptors (Lipinski definition) is 58. The Kier molecular flexibility index (Phi) is 31.9. The molecule has 0 amide bonds. The molecule has 13 N–H and O–H groups in total. The second-order valence-corrected chi connectivity index (χ2v) is 43.2. The molecule has 7 fully saturated rings. The van der Waals surface area contributed by atoms with E-state index in [0.29, 0.717) is 9.13 Å². The number of hydrogen-bond donors (Lipinski definition) is 9. The molecule has 0 aliphatic carbocycles. The predicted molar refractivity (Wildman–Crippen MR) is 471 cm³/mol. The molecular formula is C70H88N24O42P6S2-6. The summed E-state index contributed by atoms with van der Waals surface area (Å²) in [6, 6.07) is 1.64. The van der Waals surface area contributed by atoms with E-state index in [1.54, 1.807) is 6.92 Å². The Hall–Kier alpha value is -8.73. The van der Waals surface area contributed by atoms with Crippen molar-refractivity contribution in [3.63, 3.8) is 0 Å². The highest BCUT2D eigenvalue weighted by atomic mass is 32.7. The number of imidazole rings is 4. The van der Waals surface area contributed by atoms with E-state index in [1.165, 1.54) is 36.0 Å². The maximum Gasteiger partial charge on any atom is 0.330 e. The van der Waals surface area contributed by atoms with Gasteiger partial charge in [-0.15, -0.1) is 0 Å².